The van der Waals surface area contributed by atoms with Gasteiger partial charge in [0, 0.05) is 28.4 Å². The summed E-state index contributed by atoms with van der Waals surface area (Å²) in [6.07, 6.45) is 0. The average Bonchev–Trinajstić information content (AvgIpc) is 3.19. The van der Waals surface area contributed by atoms with Gasteiger partial charge in [0.05, 0.1) is 9.40 Å². The molecular formula is C22H15BrN4O5S. The van der Waals surface area contributed by atoms with E-state index in [9.17, 15) is 20.0 Å². The lowest BCUT2D eigenvalue weighted by Gasteiger charge is -2.09. The average molecular weight is 527 g/mol. The number of hydrogen-bond donors (Lipinski definition) is 3. The molecule has 0 saturated heterocycles. The molecule has 0 atom stereocenters. The number of benzene rings is 3. The number of nitrogens with one attached hydrogen (secondary N) is 2. The van der Waals surface area contributed by atoms with Gasteiger partial charge >= 0.3 is 0 Å². The number of phenols is 1. The van der Waals surface area contributed by atoms with Gasteiger partial charge in [-0.15, -0.1) is 0 Å². The Bertz CT molecular complexity index is 1440. The normalized spacial score (nSPS) is 10.7. The van der Waals surface area contributed by atoms with Gasteiger partial charge in [-0.1, -0.05) is 6.07 Å². The number of oxazole rings is 1. The van der Waals surface area contributed by atoms with E-state index < -0.39 is 10.8 Å². The van der Waals surface area contributed by atoms with Crippen molar-refractivity contribution in [1.82, 2.24) is 10.3 Å². The summed E-state index contributed by atoms with van der Waals surface area (Å²) in [5.74, 6) is -0.0878. The molecule has 0 spiro atoms. The van der Waals surface area contributed by atoms with E-state index >= 15 is 0 Å². The summed E-state index contributed by atoms with van der Waals surface area (Å²) in [4.78, 5) is 27.5. The number of nitro groups is 1. The molecule has 0 saturated carbocycles. The van der Waals surface area contributed by atoms with E-state index in [0.717, 1.165) is 0 Å². The van der Waals surface area contributed by atoms with Gasteiger partial charge in [0.1, 0.15) is 11.3 Å². The number of anilines is 1. The first kappa shape index (κ1) is 22.4. The first-order chi connectivity index (χ1) is 15.7. The summed E-state index contributed by atoms with van der Waals surface area (Å²) in [6.45, 7) is 1.60. The van der Waals surface area contributed by atoms with E-state index in [4.69, 9.17) is 16.6 Å². The highest BCUT2D eigenvalue weighted by atomic mass is 79.9. The maximum Gasteiger partial charge on any atom is 0.273 e. The fourth-order valence-corrected chi connectivity index (χ4v) is 3.64. The van der Waals surface area contributed by atoms with Crippen molar-refractivity contribution < 1.29 is 19.2 Å². The fraction of sp³-hybridized carbons (Fsp3) is 0.0455. The number of carbonyl (C=O) groups excluding carboxylic acids is 1. The van der Waals surface area contributed by atoms with Crippen LogP contribution in [0.25, 0.3) is 22.6 Å². The highest BCUT2D eigenvalue weighted by Gasteiger charge is 2.16. The quantitative estimate of drug-likeness (QED) is 0.185. The van der Waals surface area contributed by atoms with Crippen LogP contribution in [-0.4, -0.2) is 26.0 Å². The summed E-state index contributed by atoms with van der Waals surface area (Å²) in [5.41, 5.74) is 2.78. The third kappa shape index (κ3) is 4.83. The number of thiocarbonyl (C=S) groups is 1. The van der Waals surface area contributed by atoms with Crippen molar-refractivity contribution in [2.75, 3.05) is 5.32 Å². The van der Waals surface area contributed by atoms with Gasteiger partial charge in [0.2, 0.25) is 5.89 Å². The van der Waals surface area contributed by atoms with Crippen LogP contribution < -0.4 is 10.6 Å². The number of aryl methyl sites for hydroxylation is 1. The van der Waals surface area contributed by atoms with Crippen molar-refractivity contribution in [3.05, 3.63) is 80.3 Å². The molecule has 3 N–H and O–H groups in total. The highest BCUT2D eigenvalue weighted by Crippen LogP contribution is 2.31. The van der Waals surface area contributed by atoms with Crippen LogP contribution in [0.3, 0.4) is 0 Å². The van der Waals surface area contributed by atoms with Crippen molar-refractivity contribution >= 4 is 61.6 Å². The number of rotatable bonds is 4. The number of halogens is 1. The van der Waals surface area contributed by atoms with E-state index in [2.05, 4.69) is 31.5 Å². The Morgan fingerprint density at radius 3 is 2.70 bits per heavy atom. The predicted molar refractivity (Wildman–Crippen MR) is 130 cm³/mol. The van der Waals surface area contributed by atoms with Gasteiger partial charge in [0.25, 0.3) is 11.6 Å². The van der Waals surface area contributed by atoms with Crippen LogP contribution >= 0.6 is 28.1 Å². The highest BCUT2D eigenvalue weighted by molar-refractivity contribution is 9.10. The van der Waals surface area contributed by atoms with Crippen molar-refractivity contribution in [1.29, 1.82) is 0 Å². The standard InChI is InChI=1S/C22H15BrN4O5S/c1-11-2-3-12(9-17(11)27(30)31)20(29)26-22(33)24-14-5-7-19-16(10-14)25-21(32-19)13-4-6-18(28)15(23)8-13/h2-10,28H,1H3,(H2,24,26,29,33). The van der Waals surface area contributed by atoms with Gasteiger partial charge in [-0.2, -0.15) is 0 Å². The van der Waals surface area contributed by atoms with Crippen LogP contribution in [0.15, 0.2) is 63.5 Å². The van der Waals surface area contributed by atoms with Crippen molar-refractivity contribution in [2.45, 2.75) is 6.92 Å². The molecule has 1 heterocycles. The van der Waals surface area contributed by atoms with E-state index in [1.807, 2.05) is 0 Å². The number of nitro benzene ring substituents is 1. The lowest BCUT2D eigenvalue weighted by atomic mass is 10.1. The molecular weight excluding hydrogens is 512 g/mol. The SMILES string of the molecule is Cc1ccc(C(=O)NC(=S)Nc2ccc3oc(-c4ccc(O)c(Br)c4)nc3c2)cc1[N+](=O)[O-]. The third-order valence-electron chi connectivity index (χ3n) is 4.74. The number of phenolic OH excluding ortho intramolecular Hbond substituents is 1. The molecule has 9 nitrogen and oxygen atoms in total. The molecule has 0 radical (unpaired) electrons. The maximum atomic E-state index is 12.4. The molecule has 11 heteroatoms. The maximum absolute atomic E-state index is 12.4. The van der Waals surface area contributed by atoms with Gasteiger partial charge in [-0.3, -0.25) is 20.2 Å². The summed E-state index contributed by atoms with van der Waals surface area (Å²) in [7, 11) is 0. The minimum atomic E-state index is -0.571. The van der Waals surface area contributed by atoms with Crippen LogP contribution in [0.4, 0.5) is 11.4 Å². The van der Waals surface area contributed by atoms with Crippen LogP contribution in [0.2, 0.25) is 0 Å². The van der Waals surface area contributed by atoms with E-state index in [1.165, 1.54) is 24.3 Å². The zero-order valence-electron chi connectivity index (χ0n) is 17.0. The Morgan fingerprint density at radius 1 is 1.18 bits per heavy atom. The monoisotopic (exact) mass is 526 g/mol. The Balaban J connectivity index is 1.49. The van der Waals surface area contributed by atoms with Gasteiger partial charge in [0.15, 0.2) is 10.7 Å². The van der Waals surface area contributed by atoms with Crippen LogP contribution in [0.1, 0.15) is 15.9 Å². The first-order valence-electron chi connectivity index (χ1n) is 9.48. The zero-order chi connectivity index (χ0) is 23.7. The molecule has 166 valence electrons. The second kappa shape index (κ2) is 8.96. The van der Waals surface area contributed by atoms with E-state index in [1.54, 1.807) is 37.3 Å². The molecule has 1 aromatic heterocycles. The lowest BCUT2D eigenvalue weighted by Crippen LogP contribution is -2.34. The number of aromatic hydroxyl groups is 1. The number of hydrogen-bond acceptors (Lipinski definition) is 7. The van der Waals surface area contributed by atoms with Crippen LogP contribution in [0, 0.1) is 17.0 Å². The van der Waals surface area contributed by atoms with Gasteiger partial charge in [-0.05, 0) is 77.5 Å². The minimum Gasteiger partial charge on any atom is -0.507 e. The van der Waals surface area contributed by atoms with Crippen LogP contribution in [0.5, 0.6) is 5.75 Å². The molecule has 1 amide bonds. The molecule has 33 heavy (non-hydrogen) atoms. The number of fused-ring (bicyclic) bond motifs is 1. The summed E-state index contributed by atoms with van der Waals surface area (Å²) in [5, 5.41) is 26.2. The molecule has 3 aromatic carbocycles. The number of amides is 1. The first-order valence-corrected chi connectivity index (χ1v) is 10.7. The number of nitrogens with zero attached hydrogens (tertiary/aromatic N) is 2. The van der Waals surface area contributed by atoms with Crippen molar-refractivity contribution in [3.63, 3.8) is 0 Å². The second-order valence-corrected chi connectivity index (χ2v) is 8.30. The van der Waals surface area contributed by atoms with E-state index in [-0.39, 0.29) is 22.1 Å². The topological polar surface area (TPSA) is 131 Å². The lowest BCUT2D eigenvalue weighted by molar-refractivity contribution is -0.385. The molecule has 0 aliphatic heterocycles. The summed E-state index contributed by atoms with van der Waals surface area (Å²) in [6, 6.07) is 14.2. The molecule has 0 aliphatic rings. The Hall–Kier alpha value is -3.83. The van der Waals surface area contributed by atoms with Crippen molar-refractivity contribution in [3.8, 4) is 17.2 Å². The zero-order valence-corrected chi connectivity index (χ0v) is 19.4. The molecule has 0 fully saturated rings. The van der Waals surface area contributed by atoms with Crippen molar-refractivity contribution in [2.24, 2.45) is 0 Å². The molecule has 0 unspecified atom stereocenters. The molecule has 4 aromatic rings. The van der Waals surface area contributed by atoms with Crippen LogP contribution in [-0.2, 0) is 0 Å². The van der Waals surface area contributed by atoms with Gasteiger partial charge in [-0.25, -0.2) is 4.98 Å². The number of carbonyl (C=O) groups is 1. The Labute approximate surface area is 200 Å². The Morgan fingerprint density at radius 2 is 1.97 bits per heavy atom. The third-order valence-corrected chi connectivity index (χ3v) is 5.57. The largest absolute Gasteiger partial charge is 0.507 e. The fourth-order valence-electron chi connectivity index (χ4n) is 3.05. The molecule has 0 bridgehead atoms. The smallest absolute Gasteiger partial charge is 0.273 e. The Kier molecular flexibility index (Phi) is 6.07. The molecule has 4 rings (SSSR count). The number of aromatic nitrogens is 1. The minimum absolute atomic E-state index is 0.0220. The van der Waals surface area contributed by atoms with Gasteiger partial charge < -0.3 is 14.8 Å². The summed E-state index contributed by atoms with van der Waals surface area (Å²) >= 11 is 8.47. The van der Waals surface area contributed by atoms with E-state index in [0.29, 0.717) is 38.3 Å². The predicted octanol–water partition coefficient (Wildman–Crippen LogP) is 5.31. The molecule has 0 aliphatic carbocycles. The summed E-state index contributed by atoms with van der Waals surface area (Å²) < 4.78 is 6.29. The second-order valence-electron chi connectivity index (χ2n) is 7.03.